The molecule has 3 N–H and O–H groups in total. The van der Waals surface area contributed by atoms with Crippen LogP contribution in [0.2, 0.25) is 0 Å². The molecule has 10 heteroatoms. The molecule has 2 heterocycles. The number of halogens is 1. The fourth-order valence-electron chi connectivity index (χ4n) is 5.50. The van der Waals surface area contributed by atoms with Gasteiger partial charge >= 0.3 is 12.1 Å². The van der Waals surface area contributed by atoms with Crippen LogP contribution in [0.25, 0.3) is 0 Å². The topological polar surface area (TPSA) is 103 Å². The van der Waals surface area contributed by atoms with E-state index in [1.54, 1.807) is 12.1 Å². The minimum absolute atomic E-state index is 0.102. The number of anilines is 3. The molecule has 0 radical (unpaired) electrons. The summed E-state index contributed by atoms with van der Waals surface area (Å²) in [5, 5.41) is 8.56. The first-order valence-corrected chi connectivity index (χ1v) is 12.3. The zero-order valence-electron chi connectivity index (χ0n) is 20.1. The van der Waals surface area contributed by atoms with Crippen LogP contribution in [-0.2, 0) is 9.53 Å². The Labute approximate surface area is 209 Å². The van der Waals surface area contributed by atoms with Crippen molar-refractivity contribution in [1.29, 1.82) is 0 Å². The number of urea groups is 1. The van der Waals surface area contributed by atoms with Crippen molar-refractivity contribution < 1.29 is 23.5 Å². The summed E-state index contributed by atoms with van der Waals surface area (Å²) in [5.74, 6) is 0.179. The molecule has 36 heavy (non-hydrogen) atoms. The smallest absolute Gasteiger partial charge is 0.414 e. The fourth-order valence-corrected chi connectivity index (χ4v) is 5.50. The van der Waals surface area contributed by atoms with Crippen LogP contribution in [0.3, 0.4) is 0 Å². The third-order valence-electron chi connectivity index (χ3n) is 7.15. The van der Waals surface area contributed by atoms with Crippen LogP contribution in [0, 0.1) is 17.7 Å². The molecule has 2 saturated heterocycles. The molecule has 1 unspecified atom stereocenters. The second-order valence-electron chi connectivity index (χ2n) is 9.75. The normalized spacial score (nSPS) is 24.9. The summed E-state index contributed by atoms with van der Waals surface area (Å²) >= 11 is 0. The lowest BCUT2D eigenvalue weighted by Gasteiger charge is -2.23. The van der Waals surface area contributed by atoms with Crippen LogP contribution in [0.5, 0.6) is 0 Å². The zero-order chi connectivity index (χ0) is 25.2. The molecule has 2 aliphatic heterocycles. The highest BCUT2D eigenvalue weighted by Crippen LogP contribution is 2.41. The standard InChI is InChI=1S/C26H30FN5O4/c1-16(33)28-12-22-15-32(26(35)36-22)21-7-8-24(23(27)11-21)31-13-17-9-20(10-18(17)14-31)30-25(34)29-19-5-3-2-4-6-19/h2-8,11,17-18,20,22H,9-10,12-15H2,1H3,(H,28,33)(H2,29,30,34)/t17-,18+,20?,22-/m0/s1. The number of carbonyl (C=O) groups is 3. The Bertz CT molecular complexity index is 1130. The summed E-state index contributed by atoms with van der Waals surface area (Å²) in [6.45, 7) is 3.32. The maximum Gasteiger partial charge on any atom is 0.414 e. The molecule has 0 bridgehead atoms. The maximum absolute atomic E-state index is 15.1. The monoisotopic (exact) mass is 495 g/mol. The molecule has 9 nitrogen and oxygen atoms in total. The van der Waals surface area contributed by atoms with Crippen LogP contribution in [0.15, 0.2) is 48.5 Å². The average Bonchev–Trinajstić information content (AvgIpc) is 3.51. The third-order valence-corrected chi connectivity index (χ3v) is 7.15. The number of nitrogens with one attached hydrogen (secondary N) is 3. The number of ether oxygens (including phenoxy) is 1. The molecule has 4 amide bonds. The lowest BCUT2D eigenvalue weighted by atomic mass is 10.0. The predicted molar refractivity (Wildman–Crippen MR) is 134 cm³/mol. The molecule has 1 saturated carbocycles. The summed E-state index contributed by atoms with van der Waals surface area (Å²) < 4.78 is 20.4. The maximum atomic E-state index is 15.1. The Hall–Kier alpha value is -3.82. The van der Waals surface area contributed by atoms with Gasteiger partial charge in [-0.1, -0.05) is 18.2 Å². The molecule has 1 aliphatic carbocycles. The van der Waals surface area contributed by atoms with Crippen molar-refractivity contribution in [2.45, 2.75) is 31.9 Å². The highest BCUT2D eigenvalue weighted by atomic mass is 19.1. The van der Waals surface area contributed by atoms with E-state index in [1.165, 1.54) is 17.9 Å². The number of hydrogen-bond donors (Lipinski definition) is 3. The first-order valence-electron chi connectivity index (χ1n) is 12.3. The van der Waals surface area contributed by atoms with Crippen LogP contribution < -0.4 is 25.8 Å². The van der Waals surface area contributed by atoms with E-state index in [4.69, 9.17) is 4.74 Å². The van der Waals surface area contributed by atoms with Crippen molar-refractivity contribution in [3.8, 4) is 0 Å². The Morgan fingerprint density at radius 1 is 1.06 bits per heavy atom. The largest absolute Gasteiger partial charge is 0.442 e. The first kappa shape index (κ1) is 23.9. The first-order chi connectivity index (χ1) is 17.4. The van der Waals surface area contributed by atoms with E-state index in [0.29, 0.717) is 23.2 Å². The van der Waals surface area contributed by atoms with Gasteiger partial charge in [0.15, 0.2) is 0 Å². The molecular formula is C26H30FN5O4. The third kappa shape index (κ3) is 5.22. The second kappa shape index (κ2) is 10.0. The zero-order valence-corrected chi connectivity index (χ0v) is 20.1. The van der Waals surface area contributed by atoms with Crippen molar-refractivity contribution >= 4 is 35.1 Å². The van der Waals surface area contributed by atoms with Gasteiger partial charge in [0.05, 0.1) is 24.5 Å². The van der Waals surface area contributed by atoms with E-state index < -0.39 is 12.2 Å². The lowest BCUT2D eigenvalue weighted by Crippen LogP contribution is -2.37. The molecular weight excluding hydrogens is 465 g/mol. The van der Waals surface area contributed by atoms with Gasteiger partial charge < -0.3 is 25.6 Å². The summed E-state index contributed by atoms with van der Waals surface area (Å²) in [4.78, 5) is 39.1. The Morgan fingerprint density at radius 2 is 1.78 bits per heavy atom. The Kier molecular flexibility index (Phi) is 6.67. The molecule has 3 aliphatic rings. The van der Waals surface area contributed by atoms with Gasteiger partial charge in [0, 0.05) is 31.7 Å². The molecule has 190 valence electrons. The SMILES string of the molecule is CC(=O)NC[C@H]1CN(c2ccc(N3C[C@H]4CC(NC(=O)Nc5ccccc5)C[C@H]4C3)c(F)c2)C(=O)O1. The van der Waals surface area contributed by atoms with Crippen molar-refractivity contribution in [3.05, 3.63) is 54.3 Å². The van der Waals surface area contributed by atoms with Gasteiger partial charge in [-0.15, -0.1) is 0 Å². The summed E-state index contributed by atoms with van der Waals surface area (Å²) in [6.07, 6.45) is 0.693. The quantitative estimate of drug-likeness (QED) is 0.571. The van der Waals surface area contributed by atoms with Crippen molar-refractivity contribution in [2.75, 3.05) is 41.3 Å². The van der Waals surface area contributed by atoms with E-state index in [9.17, 15) is 14.4 Å². The predicted octanol–water partition coefficient (Wildman–Crippen LogP) is 3.32. The highest BCUT2D eigenvalue weighted by molar-refractivity contribution is 5.90. The van der Waals surface area contributed by atoms with Crippen LogP contribution in [0.4, 0.5) is 31.0 Å². The van der Waals surface area contributed by atoms with Gasteiger partial charge in [-0.25, -0.2) is 14.0 Å². The van der Waals surface area contributed by atoms with Crippen molar-refractivity contribution in [1.82, 2.24) is 10.6 Å². The summed E-state index contributed by atoms with van der Waals surface area (Å²) in [7, 11) is 0. The number of amides is 4. The average molecular weight is 496 g/mol. The van der Waals surface area contributed by atoms with Gasteiger partial charge in [0.25, 0.3) is 0 Å². The van der Waals surface area contributed by atoms with Crippen LogP contribution in [-0.4, -0.2) is 56.4 Å². The van der Waals surface area contributed by atoms with Crippen molar-refractivity contribution in [3.63, 3.8) is 0 Å². The Morgan fingerprint density at radius 3 is 2.44 bits per heavy atom. The molecule has 2 aromatic carbocycles. The summed E-state index contributed by atoms with van der Waals surface area (Å²) in [5.41, 5.74) is 1.70. The number of nitrogens with zero attached hydrogens (tertiary/aromatic N) is 2. The van der Waals surface area contributed by atoms with E-state index in [1.807, 2.05) is 30.3 Å². The molecule has 3 fully saturated rings. The summed E-state index contributed by atoms with van der Waals surface area (Å²) in [6, 6.07) is 14.0. The van der Waals surface area contributed by atoms with E-state index in [0.717, 1.165) is 31.6 Å². The van der Waals surface area contributed by atoms with Crippen LogP contribution >= 0.6 is 0 Å². The number of para-hydroxylation sites is 1. The molecule has 0 aromatic heterocycles. The number of carbonyl (C=O) groups excluding carboxylic acids is 3. The Balaban J connectivity index is 1.14. The van der Waals surface area contributed by atoms with Crippen LogP contribution in [0.1, 0.15) is 19.8 Å². The number of rotatable bonds is 6. The number of benzene rings is 2. The highest BCUT2D eigenvalue weighted by Gasteiger charge is 2.42. The van der Waals surface area contributed by atoms with Crippen molar-refractivity contribution in [2.24, 2.45) is 11.8 Å². The van der Waals surface area contributed by atoms with E-state index in [2.05, 4.69) is 20.9 Å². The minimum Gasteiger partial charge on any atom is -0.442 e. The number of cyclic esters (lactones) is 1. The second-order valence-corrected chi connectivity index (χ2v) is 9.75. The van der Waals surface area contributed by atoms with E-state index in [-0.39, 0.29) is 36.9 Å². The van der Waals surface area contributed by atoms with E-state index >= 15 is 4.39 Å². The van der Waals surface area contributed by atoms with Gasteiger partial charge in [-0.2, -0.15) is 0 Å². The molecule has 0 spiro atoms. The minimum atomic E-state index is -0.553. The van der Waals surface area contributed by atoms with Gasteiger partial charge in [-0.3, -0.25) is 9.69 Å². The molecule has 2 aromatic rings. The number of hydrogen-bond acceptors (Lipinski definition) is 5. The number of fused-ring (bicyclic) bond motifs is 1. The lowest BCUT2D eigenvalue weighted by molar-refractivity contribution is -0.119. The van der Waals surface area contributed by atoms with Gasteiger partial charge in [0.1, 0.15) is 11.9 Å². The van der Waals surface area contributed by atoms with Gasteiger partial charge in [0.2, 0.25) is 5.91 Å². The fraction of sp³-hybridized carbons (Fsp3) is 0.423. The molecule has 4 atom stereocenters. The molecule has 5 rings (SSSR count). The van der Waals surface area contributed by atoms with Gasteiger partial charge in [-0.05, 0) is 55.0 Å².